The van der Waals surface area contributed by atoms with E-state index in [2.05, 4.69) is 5.32 Å². The van der Waals surface area contributed by atoms with E-state index in [0.717, 1.165) is 36.1 Å². The molecule has 2 aromatic rings. The van der Waals surface area contributed by atoms with Crippen LogP contribution in [0.15, 0.2) is 22.8 Å². The Labute approximate surface area is 143 Å². The van der Waals surface area contributed by atoms with Gasteiger partial charge in [-0.05, 0) is 43.4 Å². The molecule has 1 aliphatic carbocycles. The molecule has 1 N–H and O–H groups in total. The molecule has 0 spiro atoms. The summed E-state index contributed by atoms with van der Waals surface area (Å²) in [6.07, 6.45) is 5.32. The maximum Gasteiger partial charge on any atom is 0.341 e. The molecule has 1 aliphatic rings. The first-order valence-corrected chi connectivity index (χ1v) is 8.67. The van der Waals surface area contributed by atoms with E-state index in [1.54, 1.807) is 19.2 Å². The van der Waals surface area contributed by atoms with Crippen molar-refractivity contribution in [1.29, 1.82) is 0 Å². The number of methoxy groups -OCH3 is 1. The molecule has 0 bridgehead atoms. The lowest BCUT2D eigenvalue weighted by Crippen LogP contribution is -2.16. The second-order valence-electron chi connectivity index (χ2n) is 5.48. The summed E-state index contributed by atoms with van der Waals surface area (Å²) in [5, 5.41) is 3.33. The van der Waals surface area contributed by atoms with Crippen LogP contribution in [-0.2, 0) is 22.3 Å². The quantitative estimate of drug-likeness (QED) is 0.640. The van der Waals surface area contributed by atoms with Gasteiger partial charge in [0.05, 0.1) is 18.4 Å². The standard InChI is InChI=1S/C17H19NO5S/c1-21-9-10-23-17(20)14-11-5-2-3-7-13(11)24-16(14)18-15(19)12-6-4-8-22-12/h4,6,8H,2-3,5,7,9-10H2,1H3,(H,18,19). The summed E-state index contributed by atoms with van der Waals surface area (Å²) >= 11 is 1.45. The van der Waals surface area contributed by atoms with Crippen molar-refractivity contribution < 1.29 is 23.5 Å². The Bertz CT molecular complexity index is 720. The fourth-order valence-electron chi connectivity index (χ4n) is 2.73. The van der Waals surface area contributed by atoms with Gasteiger partial charge >= 0.3 is 5.97 Å². The van der Waals surface area contributed by atoms with Crippen molar-refractivity contribution in [3.8, 4) is 0 Å². The minimum Gasteiger partial charge on any atom is -0.460 e. The molecule has 3 rings (SSSR count). The van der Waals surface area contributed by atoms with Crippen molar-refractivity contribution in [3.05, 3.63) is 40.2 Å². The first-order chi connectivity index (χ1) is 11.7. The van der Waals surface area contributed by atoms with Gasteiger partial charge in [0.15, 0.2) is 5.76 Å². The van der Waals surface area contributed by atoms with Gasteiger partial charge in [-0.25, -0.2) is 4.79 Å². The van der Waals surface area contributed by atoms with Crippen molar-refractivity contribution in [2.75, 3.05) is 25.6 Å². The molecular formula is C17H19NO5S. The molecule has 128 valence electrons. The summed E-state index contributed by atoms with van der Waals surface area (Å²) in [7, 11) is 1.55. The first kappa shape index (κ1) is 16.7. The van der Waals surface area contributed by atoms with E-state index in [4.69, 9.17) is 13.9 Å². The van der Waals surface area contributed by atoms with E-state index in [1.165, 1.54) is 17.6 Å². The molecule has 0 saturated carbocycles. The second-order valence-corrected chi connectivity index (χ2v) is 6.58. The predicted molar refractivity (Wildman–Crippen MR) is 89.8 cm³/mol. The Hall–Kier alpha value is -2.12. The van der Waals surface area contributed by atoms with Gasteiger partial charge in [0.1, 0.15) is 11.6 Å². The molecule has 0 aliphatic heterocycles. The van der Waals surface area contributed by atoms with Crippen LogP contribution in [0.25, 0.3) is 0 Å². The van der Waals surface area contributed by atoms with Crippen LogP contribution in [-0.4, -0.2) is 32.2 Å². The summed E-state index contributed by atoms with van der Waals surface area (Å²) in [5.74, 6) is -0.578. The molecule has 0 aromatic carbocycles. The highest BCUT2D eigenvalue weighted by Crippen LogP contribution is 2.38. The number of hydrogen-bond donors (Lipinski definition) is 1. The molecular weight excluding hydrogens is 330 g/mol. The summed E-state index contributed by atoms with van der Waals surface area (Å²) in [6.45, 7) is 0.525. The number of aryl methyl sites for hydroxylation is 1. The van der Waals surface area contributed by atoms with Crippen molar-refractivity contribution in [3.63, 3.8) is 0 Å². The van der Waals surface area contributed by atoms with Crippen molar-refractivity contribution in [2.24, 2.45) is 0 Å². The SMILES string of the molecule is COCCOC(=O)c1c(NC(=O)c2ccco2)sc2c1CCCC2. The third-order valence-corrected chi connectivity index (χ3v) is 5.08. The number of rotatable bonds is 6. The third-order valence-electron chi connectivity index (χ3n) is 3.87. The average Bonchev–Trinajstić information content (AvgIpc) is 3.22. The topological polar surface area (TPSA) is 77.8 Å². The Morgan fingerprint density at radius 2 is 2.12 bits per heavy atom. The van der Waals surface area contributed by atoms with Crippen molar-refractivity contribution in [2.45, 2.75) is 25.7 Å². The monoisotopic (exact) mass is 349 g/mol. The van der Waals surface area contributed by atoms with Crippen LogP contribution in [0, 0.1) is 0 Å². The molecule has 6 nitrogen and oxygen atoms in total. The zero-order chi connectivity index (χ0) is 16.9. The van der Waals surface area contributed by atoms with Crippen LogP contribution in [0.2, 0.25) is 0 Å². The van der Waals surface area contributed by atoms with E-state index in [9.17, 15) is 9.59 Å². The summed E-state index contributed by atoms with van der Waals surface area (Å²) in [5.41, 5.74) is 1.48. The molecule has 2 aromatic heterocycles. The van der Waals surface area contributed by atoms with Crippen LogP contribution in [0.3, 0.4) is 0 Å². The molecule has 0 atom stereocenters. The summed E-state index contributed by atoms with van der Waals surface area (Å²) in [6, 6.07) is 3.23. The minimum absolute atomic E-state index is 0.186. The normalized spacial score (nSPS) is 13.4. The van der Waals surface area contributed by atoms with E-state index < -0.39 is 5.97 Å². The largest absolute Gasteiger partial charge is 0.460 e. The lowest BCUT2D eigenvalue weighted by molar-refractivity contribution is 0.0388. The number of fused-ring (bicyclic) bond motifs is 1. The highest BCUT2D eigenvalue weighted by molar-refractivity contribution is 7.17. The lowest BCUT2D eigenvalue weighted by Gasteiger charge is -2.12. The number of nitrogens with one attached hydrogen (secondary N) is 1. The summed E-state index contributed by atoms with van der Waals surface area (Å²) in [4.78, 5) is 25.9. The number of esters is 1. The third kappa shape index (κ3) is 3.52. The molecule has 2 heterocycles. The van der Waals surface area contributed by atoms with Gasteiger partial charge < -0.3 is 19.2 Å². The van der Waals surface area contributed by atoms with Gasteiger partial charge in [-0.2, -0.15) is 0 Å². The predicted octanol–water partition coefficient (Wildman–Crippen LogP) is 3.28. The molecule has 0 fully saturated rings. The number of amides is 1. The van der Waals surface area contributed by atoms with Crippen molar-refractivity contribution in [1.82, 2.24) is 0 Å². The van der Waals surface area contributed by atoms with Gasteiger partial charge in [0, 0.05) is 12.0 Å². The zero-order valence-electron chi connectivity index (χ0n) is 13.4. The maximum atomic E-state index is 12.5. The summed E-state index contributed by atoms with van der Waals surface area (Å²) < 4.78 is 15.3. The van der Waals surface area contributed by atoms with Crippen LogP contribution >= 0.6 is 11.3 Å². The number of furan rings is 1. The molecule has 7 heteroatoms. The molecule has 1 amide bonds. The highest BCUT2D eigenvalue weighted by Gasteiger charge is 2.27. The Morgan fingerprint density at radius 3 is 2.88 bits per heavy atom. The number of ether oxygens (including phenoxy) is 2. The molecule has 0 unspecified atom stereocenters. The molecule has 24 heavy (non-hydrogen) atoms. The van der Waals surface area contributed by atoms with Gasteiger partial charge in [-0.1, -0.05) is 0 Å². The first-order valence-electron chi connectivity index (χ1n) is 7.86. The second kappa shape index (κ2) is 7.63. The van der Waals surface area contributed by atoms with Gasteiger partial charge in [0.25, 0.3) is 5.91 Å². The Balaban J connectivity index is 1.85. The van der Waals surface area contributed by atoms with Gasteiger partial charge in [-0.3, -0.25) is 4.79 Å². The average molecular weight is 349 g/mol. The lowest BCUT2D eigenvalue weighted by atomic mass is 9.95. The van der Waals surface area contributed by atoms with Crippen LogP contribution in [0.1, 0.15) is 44.2 Å². The maximum absolute atomic E-state index is 12.5. The van der Waals surface area contributed by atoms with E-state index in [0.29, 0.717) is 17.2 Å². The fourth-order valence-corrected chi connectivity index (χ4v) is 4.00. The van der Waals surface area contributed by atoms with E-state index in [1.807, 2.05) is 0 Å². The number of hydrogen-bond acceptors (Lipinski definition) is 6. The molecule has 0 saturated heterocycles. The number of thiophene rings is 1. The van der Waals surface area contributed by atoms with Gasteiger partial charge in [0.2, 0.25) is 0 Å². The smallest absolute Gasteiger partial charge is 0.341 e. The van der Waals surface area contributed by atoms with Gasteiger partial charge in [-0.15, -0.1) is 11.3 Å². The van der Waals surface area contributed by atoms with Crippen LogP contribution < -0.4 is 5.32 Å². The fraction of sp³-hybridized carbons (Fsp3) is 0.412. The molecule has 0 radical (unpaired) electrons. The van der Waals surface area contributed by atoms with E-state index in [-0.39, 0.29) is 18.3 Å². The van der Waals surface area contributed by atoms with E-state index >= 15 is 0 Å². The van der Waals surface area contributed by atoms with Crippen LogP contribution in [0.4, 0.5) is 5.00 Å². The highest BCUT2D eigenvalue weighted by atomic mass is 32.1. The number of anilines is 1. The van der Waals surface area contributed by atoms with Crippen LogP contribution in [0.5, 0.6) is 0 Å². The minimum atomic E-state index is -0.416. The number of carbonyl (C=O) groups excluding carboxylic acids is 2. The Kier molecular flexibility index (Phi) is 5.32. The zero-order valence-corrected chi connectivity index (χ0v) is 14.2. The van der Waals surface area contributed by atoms with Crippen molar-refractivity contribution >= 4 is 28.2 Å². The number of carbonyl (C=O) groups is 2. The Morgan fingerprint density at radius 1 is 1.29 bits per heavy atom.